The van der Waals surface area contributed by atoms with Crippen molar-refractivity contribution in [1.82, 2.24) is 19.7 Å². The minimum atomic E-state index is -0.513. The Morgan fingerprint density at radius 2 is 2.11 bits per heavy atom. The Balaban J connectivity index is 2.57. The number of nitrogens with one attached hydrogen (secondary N) is 1. The molecule has 0 aliphatic heterocycles. The van der Waals surface area contributed by atoms with Gasteiger partial charge in [-0.3, -0.25) is 9.67 Å². The normalized spacial score (nSPS) is 10.7. The van der Waals surface area contributed by atoms with Gasteiger partial charge < -0.3 is 10.5 Å². The standard InChI is InChI=1S/C12H17N5O2/c1-5-19-12(18)9-11(13)17(8(4)14-9)10-6(2)15-16-7(10)3/h5,13H2,1-4H3,(H,15,16). The molecule has 19 heavy (non-hydrogen) atoms. The second-order valence-electron chi connectivity index (χ2n) is 4.23. The number of nitrogens with zero attached hydrogens (tertiary/aromatic N) is 3. The number of imidazole rings is 1. The van der Waals surface area contributed by atoms with Crippen LogP contribution in [0.3, 0.4) is 0 Å². The van der Waals surface area contributed by atoms with Crippen molar-refractivity contribution in [3.05, 3.63) is 22.9 Å². The molecule has 0 aromatic carbocycles. The molecule has 0 radical (unpaired) electrons. The van der Waals surface area contributed by atoms with Crippen LogP contribution in [0.25, 0.3) is 5.69 Å². The van der Waals surface area contributed by atoms with E-state index in [1.54, 1.807) is 18.4 Å². The highest BCUT2D eigenvalue weighted by Crippen LogP contribution is 2.24. The van der Waals surface area contributed by atoms with Crippen LogP contribution in [0.5, 0.6) is 0 Å². The molecular weight excluding hydrogens is 246 g/mol. The van der Waals surface area contributed by atoms with Crippen LogP contribution in [0.4, 0.5) is 5.82 Å². The summed E-state index contributed by atoms with van der Waals surface area (Å²) in [5, 5.41) is 7.00. The fraction of sp³-hybridized carbons (Fsp3) is 0.417. The van der Waals surface area contributed by atoms with Crippen molar-refractivity contribution in [2.24, 2.45) is 0 Å². The number of aryl methyl sites for hydroxylation is 3. The molecule has 0 fully saturated rings. The van der Waals surface area contributed by atoms with E-state index in [4.69, 9.17) is 10.5 Å². The number of aromatic nitrogens is 4. The summed E-state index contributed by atoms with van der Waals surface area (Å²) in [6.07, 6.45) is 0. The molecule has 0 saturated heterocycles. The van der Waals surface area contributed by atoms with Crippen LogP contribution < -0.4 is 5.73 Å². The van der Waals surface area contributed by atoms with Crippen LogP contribution in [0, 0.1) is 20.8 Å². The van der Waals surface area contributed by atoms with Gasteiger partial charge in [-0.25, -0.2) is 9.78 Å². The van der Waals surface area contributed by atoms with E-state index in [9.17, 15) is 4.79 Å². The molecular formula is C12H17N5O2. The van der Waals surface area contributed by atoms with Gasteiger partial charge in [0, 0.05) is 0 Å². The van der Waals surface area contributed by atoms with Crippen molar-refractivity contribution in [2.75, 3.05) is 12.3 Å². The van der Waals surface area contributed by atoms with Gasteiger partial charge in [-0.2, -0.15) is 5.10 Å². The Morgan fingerprint density at radius 1 is 1.42 bits per heavy atom. The number of esters is 1. The lowest BCUT2D eigenvalue weighted by Crippen LogP contribution is -2.10. The summed E-state index contributed by atoms with van der Waals surface area (Å²) in [6.45, 7) is 7.56. The molecule has 0 aliphatic carbocycles. The molecule has 2 rings (SSSR count). The molecule has 7 nitrogen and oxygen atoms in total. The molecule has 3 N–H and O–H groups in total. The quantitative estimate of drug-likeness (QED) is 0.813. The maximum atomic E-state index is 11.8. The Bertz CT molecular complexity index is 607. The Labute approximate surface area is 110 Å². The number of nitrogen functional groups attached to an aromatic ring is 1. The molecule has 0 atom stereocenters. The number of carbonyl (C=O) groups is 1. The number of hydrogen-bond donors (Lipinski definition) is 2. The number of nitrogens with two attached hydrogens (primary N) is 1. The van der Waals surface area contributed by atoms with Crippen molar-refractivity contribution in [2.45, 2.75) is 27.7 Å². The highest BCUT2D eigenvalue weighted by Gasteiger charge is 2.23. The van der Waals surface area contributed by atoms with E-state index >= 15 is 0 Å². The maximum absolute atomic E-state index is 11.8. The molecule has 0 unspecified atom stereocenters. The maximum Gasteiger partial charge on any atom is 0.360 e. The van der Waals surface area contributed by atoms with Crippen LogP contribution in [0.2, 0.25) is 0 Å². The highest BCUT2D eigenvalue weighted by atomic mass is 16.5. The number of rotatable bonds is 3. The van der Waals surface area contributed by atoms with Crippen LogP contribution >= 0.6 is 0 Å². The van der Waals surface area contributed by atoms with Crippen molar-refractivity contribution < 1.29 is 9.53 Å². The van der Waals surface area contributed by atoms with Gasteiger partial charge in [-0.05, 0) is 27.7 Å². The molecule has 7 heteroatoms. The number of aromatic amines is 1. The smallest absolute Gasteiger partial charge is 0.360 e. The fourth-order valence-corrected chi connectivity index (χ4v) is 2.06. The van der Waals surface area contributed by atoms with Gasteiger partial charge >= 0.3 is 5.97 Å². The molecule has 0 saturated carbocycles. The Hall–Kier alpha value is -2.31. The second-order valence-corrected chi connectivity index (χ2v) is 4.23. The summed E-state index contributed by atoms with van der Waals surface area (Å²) >= 11 is 0. The number of ether oxygens (including phenoxy) is 1. The third-order valence-electron chi connectivity index (χ3n) is 2.86. The van der Waals surface area contributed by atoms with Crippen molar-refractivity contribution >= 4 is 11.8 Å². The molecule has 0 aliphatic rings. The van der Waals surface area contributed by atoms with E-state index in [0.717, 1.165) is 17.1 Å². The lowest BCUT2D eigenvalue weighted by Gasteiger charge is -2.07. The van der Waals surface area contributed by atoms with Crippen LogP contribution in [0.1, 0.15) is 34.6 Å². The summed E-state index contributed by atoms with van der Waals surface area (Å²) in [5.41, 5.74) is 8.63. The van der Waals surface area contributed by atoms with Crippen molar-refractivity contribution in [3.63, 3.8) is 0 Å². The van der Waals surface area contributed by atoms with E-state index in [2.05, 4.69) is 15.2 Å². The molecule has 0 spiro atoms. The third-order valence-corrected chi connectivity index (χ3v) is 2.86. The van der Waals surface area contributed by atoms with Crippen LogP contribution in [-0.4, -0.2) is 32.3 Å². The highest BCUT2D eigenvalue weighted by molar-refractivity contribution is 5.92. The first-order valence-electron chi connectivity index (χ1n) is 6.01. The predicted molar refractivity (Wildman–Crippen MR) is 70.3 cm³/mol. The zero-order valence-corrected chi connectivity index (χ0v) is 11.4. The third kappa shape index (κ3) is 2.07. The zero-order valence-electron chi connectivity index (χ0n) is 11.4. The first-order chi connectivity index (χ1) is 8.97. The molecule has 0 amide bonds. The molecule has 102 valence electrons. The number of carbonyl (C=O) groups excluding carboxylic acids is 1. The van der Waals surface area contributed by atoms with E-state index in [1.165, 1.54) is 0 Å². The largest absolute Gasteiger partial charge is 0.461 e. The number of anilines is 1. The zero-order chi connectivity index (χ0) is 14.2. The van der Waals surface area contributed by atoms with E-state index in [-0.39, 0.29) is 18.1 Å². The summed E-state index contributed by atoms with van der Waals surface area (Å²) in [6, 6.07) is 0. The van der Waals surface area contributed by atoms with E-state index in [0.29, 0.717) is 5.82 Å². The Kier molecular flexibility index (Phi) is 3.28. The van der Waals surface area contributed by atoms with E-state index in [1.807, 2.05) is 13.8 Å². The van der Waals surface area contributed by atoms with E-state index < -0.39 is 5.97 Å². The minimum absolute atomic E-state index is 0.138. The molecule has 2 aromatic heterocycles. The fourth-order valence-electron chi connectivity index (χ4n) is 2.06. The average Bonchev–Trinajstić information content (AvgIpc) is 2.81. The summed E-state index contributed by atoms with van der Waals surface area (Å²) in [7, 11) is 0. The molecule has 0 bridgehead atoms. The topological polar surface area (TPSA) is 98.8 Å². The van der Waals surface area contributed by atoms with Gasteiger partial charge in [0.2, 0.25) is 0 Å². The Morgan fingerprint density at radius 3 is 2.63 bits per heavy atom. The van der Waals surface area contributed by atoms with Gasteiger partial charge in [0.1, 0.15) is 11.6 Å². The second kappa shape index (κ2) is 4.75. The van der Waals surface area contributed by atoms with Crippen molar-refractivity contribution in [1.29, 1.82) is 0 Å². The summed E-state index contributed by atoms with van der Waals surface area (Å²) in [4.78, 5) is 16.0. The molecule has 2 aromatic rings. The van der Waals surface area contributed by atoms with Gasteiger partial charge in [0.05, 0.1) is 23.7 Å². The van der Waals surface area contributed by atoms with Crippen LogP contribution in [0.15, 0.2) is 0 Å². The molecule has 2 heterocycles. The number of hydrogen-bond acceptors (Lipinski definition) is 5. The number of H-pyrrole nitrogens is 1. The SMILES string of the molecule is CCOC(=O)c1nc(C)n(-c2c(C)n[nH]c2C)c1N. The van der Waals surface area contributed by atoms with Crippen molar-refractivity contribution in [3.8, 4) is 5.69 Å². The lowest BCUT2D eigenvalue weighted by atomic mass is 10.3. The van der Waals surface area contributed by atoms with Gasteiger partial charge in [0.25, 0.3) is 0 Å². The minimum Gasteiger partial charge on any atom is -0.461 e. The summed E-state index contributed by atoms with van der Waals surface area (Å²) in [5.74, 6) is 0.373. The first-order valence-corrected chi connectivity index (χ1v) is 6.01. The van der Waals surface area contributed by atoms with Gasteiger partial charge in [0.15, 0.2) is 5.69 Å². The predicted octanol–water partition coefficient (Wildman–Crippen LogP) is 1.28. The summed E-state index contributed by atoms with van der Waals surface area (Å²) < 4.78 is 6.65. The first kappa shape index (κ1) is 13.1. The average molecular weight is 263 g/mol. The van der Waals surface area contributed by atoms with Gasteiger partial charge in [-0.15, -0.1) is 0 Å². The lowest BCUT2D eigenvalue weighted by molar-refractivity contribution is 0.0521. The monoisotopic (exact) mass is 263 g/mol. The van der Waals surface area contributed by atoms with Crippen LogP contribution in [-0.2, 0) is 4.74 Å². The van der Waals surface area contributed by atoms with Gasteiger partial charge in [-0.1, -0.05) is 0 Å².